The molecule has 20 heavy (non-hydrogen) atoms. The van der Waals surface area contributed by atoms with E-state index in [0.29, 0.717) is 26.2 Å². The van der Waals surface area contributed by atoms with E-state index >= 15 is 0 Å². The molecule has 2 heterocycles. The summed E-state index contributed by atoms with van der Waals surface area (Å²) < 4.78 is 28.7. The molecule has 110 valence electrons. The number of fused-ring (bicyclic) bond motifs is 1. The Bertz CT molecular complexity index is 588. The molecule has 5 nitrogen and oxygen atoms in total. The Labute approximate surface area is 120 Å². The topological polar surface area (TPSA) is 52.7 Å². The predicted molar refractivity (Wildman–Crippen MR) is 78.5 cm³/mol. The van der Waals surface area contributed by atoms with Crippen LogP contribution in [0, 0.1) is 0 Å². The molecule has 0 amide bonds. The summed E-state index contributed by atoms with van der Waals surface area (Å²) in [5.74, 6) is 0. The molecule has 0 bridgehead atoms. The Balaban J connectivity index is 1.79. The van der Waals surface area contributed by atoms with Crippen molar-refractivity contribution < 1.29 is 8.42 Å². The summed E-state index contributed by atoms with van der Waals surface area (Å²) in [6, 6.07) is 8.32. The molecule has 1 atom stereocenters. The fourth-order valence-corrected chi connectivity index (χ4v) is 4.62. The van der Waals surface area contributed by atoms with E-state index in [0.717, 1.165) is 18.5 Å². The molecule has 1 aromatic carbocycles. The van der Waals surface area contributed by atoms with Crippen molar-refractivity contribution in [1.29, 1.82) is 0 Å². The summed E-state index contributed by atoms with van der Waals surface area (Å²) in [4.78, 5) is 0. The van der Waals surface area contributed by atoms with Gasteiger partial charge in [0.2, 0.25) is 0 Å². The third-order valence-electron chi connectivity index (χ3n) is 4.08. The average molecular weight is 295 g/mol. The lowest BCUT2D eigenvalue weighted by Gasteiger charge is -2.36. The summed E-state index contributed by atoms with van der Waals surface area (Å²) in [7, 11) is -3.33. The minimum Gasteiger partial charge on any atom is -0.312 e. The van der Waals surface area contributed by atoms with E-state index < -0.39 is 10.2 Å². The minimum atomic E-state index is -3.33. The van der Waals surface area contributed by atoms with E-state index in [-0.39, 0.29) is 6.04 Å². The molecule has 1 unspecified atom stereocenters. The number of piperazine rings is 1. The zero-order chi connectivity index (χ0) is 14.2. The van der Waals surface area contributed by atoms with Gasteiger partial charge in [-0.05, 0) is 24.5 Å². The molecule has 1 aromatic rings. The van der Waals surface area contributed by atoms with Crippen LogP contribution in [0.15, 0.2) is 24.3 Å². The lowest BCUT2D eigenvalue weighted by molar-refractivity contribution is 0.274. The fraction of sp³-hybridized carbons (Fsp3) is 0.571. The van der Waals surface area contributed by atoms with E-state index in [1.165, 1.54) is 5.56 Å². The van der Waals surface area contributed by atoms with Crippen molar-refractivity contribution in [2.24, 2.45) is 0 Å². The predicted octanol–water partition coefficient (Wildman–Crippen LogP) is 0.583. The largest absolute Gasteiger partial charge is 0.312 e. The van der Waals surface area contributed by atoms with Gasteiger partial charge in [0.25, 0.3) is 10.2 Å². The zero-order valence-corrected chi connectivity index (χ0v) is 12.6. The zero-order valence-electron chi connectivity index (χ0n) is 11.7. The van der Waals surface area contributed by atoms with Gasteiger partial charge in [-0.25, -0.2) is 0 Å². The van der Waals surface area contributed by atoms with Crippen LogP contribution in [-0.4, -0.2) is 49.2 Å². The van der Waals surface area contributed by atoms with Gasteiger partial charge in [0.05, 0.1) is 0 Å². The number of rotatable bonds is 2. The first-order chi connectivity index (χ1) is 9.57. The van der Waals surface area contributed by atoms with Gasteiger partial charge in [0.15, 0.2) is 0 Å². The first kappa shape index (κ1) is 14.0. The Kier molecular flexibility index (Phi) is 3.81. The van der Waals surface area contributed by atoms with Crippen molar-refractivity contribution in [2.45, 2.75) is 25.9 Å². The lowest BCUT2D eigenvalue weighted by atomic mass is 10.0. The SMILES string of the molecule is CC1CN(S(=O)(=O)N2CCc3ccccc3C2)CCN1. The van der Waals surface area contributed by atoms with E-state index in [1.54, 1.807) is 8.61 Å². The highest BCUT2D eigenvalue weighted by molar-refractivity contribution is 7.86. The van der Waals surface area contributed by atoms with Gasteiger partial charge in [0.1, 0.15) is 0 Å². The van der Waals surface area contributed by atoms with Crippen LogP contribution in [0.4, 0.5) is 0 Å². The summed E-state index contributed by atoms with van der Waals surface area (Å²) in [5.41, 5.74) is 2.40. The Hall–Kier alpha value is -0.950. The summed E-state index contributed by atoms with van der Waals surface area (Å²) >= 11 is 0. The highest BCUT2D eigenvalue weighted by atomic mass is 32.2. The highest BCUT2D eigenvalue weighted by Gasteiger charge is 2.34. The van der Waals surface area contributed by atoms with Crippen molar-refractivity contribution in [1.82, 2.24) is 13.9 Å². The van der Waals surface area contributed by atoms with Crippen LogP contribution in [0.2, 0.25) is 0 Å². The minimum absolute atomic E-state index is 0.218. The molecule has 1 fully saturated rings. The normalized spacial score (nSPS) is 25.4. The Morgan fingerprint density at radius 3 is 2.65 bits per heavy atom. The molecule has 6 heteroatoms. The number of hydrogen-bond acceptors (Lipinski definition) is 3. The van der Waals surface area contributed by atoms with Crippen molar-refractivity contribution in [3.05, 3.63) is 35.4 Å². The van der Waals surface area contributed by atoms with Crippen LogP contribution in [-0.2, 0) is 23.2 Å². The molecule has 2 aliphatic rings. The lowest BCUT2D eigenvalue weighted by Crippen LogP contribution is -2.55. The Morgan fingerprint density at radius 2 is 1.90 bits per heavy atom. The van der Waals surface area contributed by atoms with Gasteiger partial charge in [-0.1, -0.05) is 24.3 Å². The van der Waals surface area contributed by atoms with Gasteiger partial charge in [-0.2, -0.15) is 17.0 Å². The first-order valence-electron chi connectivity index (χ1n) is 7.13. The van der Waals surface area contributed by atoms with Crippen LogP contribution in [0.5, 0.6) is 0 Å². The van der Waals surface area contributed by atoms with E-state index in [2.05, 4.69) is 11.4 Å². The maximum Gasteiger partial charge on any atom is 0.282 e. The second-order valence-electron chi connectivity index (χ2n) is 5.57. The number of nitrogens with one attached hydrogen (secondary N) is 1. The van der Waals surface area contributed by atoms with Gasteiger partial charge >= 0.3 is 0 Å². The van der Waals surface area contributed by atoms with Crippen LogP contribution < -0.4 is 5.32 Å². The summed E-state index contributed by atoms with van der Waals surface area (Å²) in [6.45, 7) is 4.94. The maximum absolute atomic E-state index is 12.7. The second-order valence-corrected chi connectivity index (χ2v) is 7.50. The van der Waals surface area contributed by atoms with Crippen molar-refractivity contribution in [3.63, 3.8) is 0 Å². The van der Waals surface area contributed by atoms with Crippen LogP contribution in [0.25, 0.3) is 0 Å². The molecule has 0 aromatic heterocycles. The number of hydrogen-bond donors (Lipinski definition) is 1. The number of benzene rings is 1. The molecule has 3 rings (SSSR count). The van der Waals surface area contributed by atoms with Crippen molar-refractivity contribution in [2.75, 3.05) is 26.2 Å². The van der Waals surface area contributed by atoms with Gasteiger partial charge in [0, 0.05) is 38.8 Å². The van der Waals surface area contributed by atoms with E-state index in [9.17, 15) is 8.42 Å². The number of nitrogens with zero attached hydrogens (tertiary/aromatic N) is 2. The van der Waals surface area contributed by atoms with Gasteiger partial charge in [-0.3, -0.25) is 0 Å². The van der Waals surface area contributed by atoms with Crippen LogP contribution >= 0.6 is 0 Å². The Morgan fingerprint density at radius 1 is 1.15 bits per heavy atom. The second kappa shape index (κ2) is 5.44. The average Bonchev–Trinajstić information content (AvgIpc) is 2.46. The molecule has 0 aliphatic carbocycles. The smallest absolute Gasteiger partial charge is 0.282 e. The maximum atomic E-state index is 12.7. The summed E-state index contributed by atoms with van der Waals surface area (Å²) in [5, 5.41) is 3.28. The quantitative estimate of drug-likeness (QED) is 0.868. The highest BCUT2D eigenvalue weighted by Crippen LogP contribution is 2.23. The molecule has 1 saturated heterocycles. The molecule has 0 radical (unpaired) electrons. The summed E-state index contributed by atoms with van der Waals surface area (Å²) in [6.07, 6.45) is 0.803. The van der Waals surface area contributed by atoms with E-state index in [4.69, 9.17) is 0 Å². The van der Waals surface area contributed by atoms with Crippen LogP contribution in [0.1, 0.15) is 18.1 Å². The fourth-order valence-electron chi connectivity index (χ4n) is 2.94. The van der Waals surface area contributed by atoms with Gasteiger partial charge < -0.3 is 5.32 Å². The van der Waals surface area contributed by atoms with E-state index in [1.807, 2.05) is 25.1 Å². The molecule has 0 saturated carbocycles. The molecule has 2 aliphatic heterocycles. The molecule has 1 N–H and O–H groups in total. The third kappa shape index (κ3) is 2.61. The third-order valence-corrected chi connectivity index (χ3v) is 6.03. The molecular weight excluding hydrogens is 274 g/mol. The first-order valence-corrected chi connectivity index (χ1v) is 8.52. The van der Waals surface area contributed by atoms with Crippen molar-refractivity contribution >= 4 is 10.2 Å². The standard InChI is InChI=1S/C14H21N3O2S/c1-12-10-17(9-7-15-12)20(18,19)16-8-6-13-4-2-3-5-14(13)11-16/h2-5,12,15H,6-11H2,1H3. The van der Waals surface area contributed by atoms with Crippen LogP contribution in [0.3, 0.4) is 0 Å². The van der Waals surface area contributed by atoms with Gasteiger partial charge in [-0.15, -0.1) is 0 Å². The van der Waals surface area contributed by atoms with Crippen molar-refractivity contribution in [3.8, 4) is 0 Å². The monoisotopic (exact) mass is 295 g/mol. The molecular formula is C14H21N3O2S. The molecule has 0 spiro atoms.